The van der Waals surface area contributed by atoms with Crippen LogP contribution < -0.4 is 5.32 Å². The maximum Gasteiger partial charge on any atom is 0.251 e. The second kappa shape index (κ2) is 8.34. The van der Waals surface area contributed by atoms with E-state index in [2.05, 4.69) is 31.0 Å². The van der Waals surface area contributed by atoms with Crippen LogP contribution in [-0.2, 0) is 0 Å². The van der Waals surface area contributed by atoms with Crippen LogP contribution in [0.4, 0.5) is 0 Å². The molecule has 1 aromatic carbocycles. The first-order valence-electron chi connectivity index (χ1n) is 6.61. The van der Waals surface area contributed by atoms with Crippen molar-refractivity contribution in [1.82, 2.24) is 5.32 Å². The Labute approximate surface area is 115 Å². The molecule has 102 valence electrons. The molecule has 19 heavy (non-hydrogen) atoms. The molecule has 0 heterocycles. The van der Waals surface area contributed by atoms with Gasteiger partial charge in [0.2, 0.25) is 0 Å². The summed E-state index contributed by atoms with van der Waals surface area (Å²) in [5, 5.41) is 11.6. The summed E-state index contributed by atoms with van der Waals surface area (Å²) < 4.78 is 0. The van der Waals surface area contributed by atoms with Gasteiger partial charge in [-0.05, 0) is 30.5 Å². The van der Waals surface area contributed by atoms with E-state index in [1.54, 1.807) is 12.1 Å². The van der Waals surface area contributed by atoms with E-state index in [0.717, 1.165) is 12.0 Å². The second-order valence-corrected chi connectivity index (χ2v) is 4.79. The van der Waals surface area contributed by atoms with Crippen molar-refractivity contribution >= 4 is 5.91 Å². The van der Waals surface area contributed by atoms with Crippen molar-refractivity contribution in [2.75, 3.05) is 13.2 Å². The van der Waals surface area contributed by atoms with Crippen LogP contribution in [0.15, 0.2) is 24.3 Å². The van der Waals surface area contributed by atoms with Crippen LogP contribution in [0.25, 0.3) is 0 Å². The van der Waals surface area contributed by atoms with Crippen LogP contribution in [0.1, 0.15) is 42.6 Å². The lowest BCUT2D eigenvalue weighted by Crippen LogP contribution is -2.25. The van der Waals surface area contributed by atoms with E-state index in [1.807, 2.05) is 12.1 Å². The molecular formula is C16H21NO2. The Morgan fingerprint density at radius 2 is 2.21 bits per heavy atom. The Morgan fingerprint density at radius 1 is 1.42 bits per heavy atom. The first-order valence-corrected chi connectivity index (χ1v) is 6.61. The zero-order valence-electron chi connectivity index (χ0n) is 11.6. The average molecular weight is 259 g/mol. The number of hydrogen-bond donors (Lipinski definition) is 2. The van der Waals surface area contributed by atoms with Gasteiger partial charge in [0.1, 0.15) is 0 Å². The molecule has 0 unspecified atom stereocenters. The Kier molecular flexibility index (Phi) is 6.70. The molecule has 2 N–H and O–H groups in total. The van der Waals surface area contributed by atoms with Crippen LogP contribution in [0, 0.1) is 17.8 Å². The molecule has 0 saturated heterocycles. The van der Waals surface area contributed by atoms with Crippen LogP contribution in [-0.4, -0.2) is 24.2 Å². The Morgan fingerprint density at radius 3 is 2.89 bits per heavy atom. The summed E-state index contributed by atoms with van der Waals surface area (Å²) in [6.07, 6.45) is 1.42. The normalized spacial score (nSPS) is 9.89. The van der Waals surface area contributed by atoms with Crippen molar-refractivity contribution in [3.05, 3.63) is 35.4 Å². The summed E-state index contributed by atoms with van der Waals surface area (Å²) in [5.41, 5.74) is 1.42. The molecule has 0 atom stereocenters. The molecule has 0 aliphatic carbocycles. The predicted molar refractivity (Wildman–Crippen MR) is 76.8 cm³/mol. The average Bonchev–Trinajstić information content (AvgIpc) is 2.39. The molecule has 1 rings (SSSR count). The number of carbonyl (C=O) groups is 1. The molecule has 0 aromatic heterocycles. The fourth-order valence-corrected chi connectivity index (χ4v) is 1.54. The molecule has 0 aliphatic heterocycles. The number of aliphatic hydroxyl groups is 1. The molecule has 0 aliphatic rings. The van der Waals surface area contributed by atoms with Gasteiger partial charge in [0.15, 0.2) is 0 Å². The minimum Gasteiger partial charge on any atom is -0.395 e. The molecule has 1 amide bonds. The molecule has 1 aromatic rings. The highest BCUT2D eigenvalue weighted by Crippen LogP contribution is 2.05. The Hall–Kier alpha value is -1.79. The predicted octanol–water partition coefficient (Wildman–Crippen LogP) is 2.20. The summed E-state index contributed by atoms with van der Waals surface area (Å²) in [7, 11) is 0. The van der Waals surface area contributed by atoms with Gasteiger partial charge in [-0.1, -0.05) is 31.8 Å². The van der Waals surface area contributed by atoms with Gasteiger partial charge >= 0.3 is 0 Å². The van der Waals surface area contributed by atoms with Gasteiger partial charge in [-0.15, -0.1) is 0 Å². The fourth-order valence-electron chi connectivity index (χ4n) is 1.54. The van der Waals surface area contributed by atoms with Crippen molar-refractivity contribution in [1.29, 1.82) is 0 Å². The van der Waals surface area contributed by atoms with Gasteiger partial charge < -0.3 is 10.4 Å². The van der Waals surface area contributed by atoms with E-state index in [1.165, 1.54) is 0 Å². The van der Waals surface area contributed by atoms with E-state index in [0.29, 0.717) is 24.4 Å². The number of amides is 1. The van der Waals surface area contributed by atoms with E-state index >= 15 is 0 Å². The number of aliphatic hydroxyl groups excluding tert-OH is 1. The Balaban J connectivity index is 2.61. The third-order valence-corrected chi connectivity index (χ3v) is 2.60. The van der Waals surface area contributed by atoms with Crippen LogP contribution >= 0.6 is 0 Å². The van der Waals surface area contributed by atoms with Gasteiger partial charge in [-0.2, -0.15) is 0 Å². The summed E-state index contributed by atoms with van der Waals surface area (Å²) in [6, 6.07) is 7.23. The quantitative estimate of drug-likeness (QED) is 0.796. The number of benzene rings is 1. The zero-order chi connectivity index (χ0) is 14.1. The molecule has 0 fully saturated rings. The zero-order valence-corrected chi connectivity index (χ0v) is 11.6. The highest BCUT2D eigenvalue weighted by Gasteiger charge is 2.05. The topological polar surface area (TPSA) is 49.3 Å². The van der Waals surface area contributed by atoms with E-state index in [9.17, 15) is 4.79 Å². The van der Waals surface area contributed by atoms with Crippen molar-refractivity contribution in [3.8, 4) is 11.8 Å². The lowest BCUT2D eigenvalue weighted by atomic mass is 10.1. The molecule has 3 heteroatoms. The first kappa shape index (κ1) is 15.3. The van der Waals surface area contributed by atoms with Gasteiger partial charge in [0, 0.05) is 24.1 Å². The molecule has 0 bridgehead atoms. The van der Waals surface area contributed by atoms with E-state index in [-0.39, 0.29) is 12.5 Å². The molecular weight excluding hydrogens is 238 g/mol. The van der Waals surface area contributed by atoms with Gasteiger partial charge in [-0.25, -0.2) is 0 Å². The summed E-state index contributed by atoms with van der Waals surface area (Å²) in [4.78, 5) is 11.9. The van der Waals surface area contributed by atoms with Crippen molar-refractivity contribution in [3.63, 3.8) is 0 Å². The lowest BCUT2D eigenvalue weighted by molar-refractivity contribution is 0.0952. The largest absolute Gasteiger partial charge is 0.395 e. The SMILES string of the molecule is CC(C)CCNC(=O)c1cccc(C#CCCO)c1. The molecule has 3 nitrogen and oxygen atoms in total. The maximum absolute atomic E-state index is 11.9. The number of carbonyl (C=O) groups excluding carboxylic acids is 1. The fraction of sp³-hybridized carbons (Fsp3) is 0.438. The summed E-state index contributed by atoms with van der Waals surface area (Å²) in [6.45, 7) is 5.01. The summed E-state index contributed by atoms with van der Waals surface area (Å²) >= 11 is 0. The molecule has 0 spiro atoms. The minimum atomic E-state index is -0.0635. The van der Waals surface area contributed by atoms with Crippen LogP contribution in [0.3, 0.4) is 0 Å². The lowest BCUT2D eigenvalue weighted by Gasteiger charge is -2.07. The highest BCUT2D eigenvalue weighted by atomic mass is 16.2. The minimum absolute atomic E-state index is 0.0579. The van der Waals surface area contributed by atoms with Crippen molar-refractivity contribution < 1.29 is 9.90 Å². The van der Waals surface area contributed by atoms with E-state index in [4.69, 9.17) is 5.11 Å². The summed E-state index contributed by atoms with van der Waals surface area (Å²) in [5.74, 6) is 6.29. The highest BCUT2D eigenvalue weighted by molar-refractivity contribution is 5.94. The van der Waals surface area contributed by atoms with Crippen molar-refractivity contribution in [2.45, 2.75) is 26.7 Å². The number of hydrogen-bond acceptors (Lipinski definition) is 2. The van der Waals surface area contributed by atoms with E-state index < -0.39 is 0 Å². The number of rotatable bonds is 5. The van der Waals surface area contributed by atoms with Gasteiger partial charge in [0.05, 0.1) is 6.61 Å². The third-order valence-electron chi connectivity index (χ3n) is 2.60. The Bertz CT molecular complexity index is 469. The van der Waals surface area contributed by atoms with Crippen LogP contribution in [0.5, 0.6) is 0 Å². The second-order valence-electron chi connectivity index (χ2n) is 4.79. The maximum atomic E-state index is 11.9. The molecule has 0 radical (unpaired) electrons. The standard InChI is InChI=1S/C16H21NO2/c1-13(2)9-10-17-16(19)15-8-5-7-14(12-15)6-3-4-11-18/h5,7-8,12-13,18H,4,9-11H2,1-2H3,(H,17,19). The number of nitrogens with one attached hydrogen (secondary N) is 1. The molecule has 0 saturated carbocycles. The third kappa shape index (κ3) is 6.08. The van der Waals surface area contributed by atoms with Crippen LogP contribution in [0.2, 0.25) is 0 Å². The van der Waals surface area contributed by atoms with Crippen molar-refractivity contribution in [2.24, 2.45) is 5.92 Å². The van der Waals surface area contributed by atoms with Gasteiger partial charge in [0.25, 0.3) is 5.91 Å². The monoisotopic (exact) mass is 259 g/mol. The smallest absolute Gasteiger partial charge is 0.251 e. The van der Waals surface area contributed by atoms with Gasteiger partial charge in [-0.3, -0.25) is 4.79 Å². The first-order chi connectivity index (χ1) is 9.13.